The number of hydrogen-bond acceptors (Lipinski definition) is 8. The van der Waals surface area contributed by atoms with E-state index in [2.05, 4.69) is 62.5 Å². The zero-order valence-corrected chi connectivity index (χ0v) is 41.4. The van der Waals surface area contributed by atoms with E-state index >= 15 is 0 Å². The quantitative estimate of drug-likeness (QED) is 0.0195. The van der Waals surface area contributed by atoms with E-state index in [1.54, 1.807) is 0 Å². The Morgan fingerprint density at radius 2 is 0.857 bits per heavy atom. The largest absolute Gasteiger partial charge is 0.545 e. The summed E-state index contributed by atoms with van der Waals surface area (Å²) >= 11 is 0. The molecule has 0 aliphatic carbocycles. The second-order valence-corrected chi connectivity index (χ2v) is 18.5. The summed E-state index contributed by atoms with van der Waals surface area (Å²) in [6.45, 7) is 4.70. The van der Waals surface area contributed by atoms with Gasteiger partial charge < -0.3 is 33.3 Å². The maximum Gasteiger partial charge on any atom is 0.306 e. The lowest BCUT2D eigenvalue weighted by atomic mass is 10.0. The van der Waals surface area contributed by atoms with Gasteiger partial charge in [-0.15, -0.1) is 0 Å². The summed E-state index contributed by atoms with van der Waals surface area (Å²) in [4.78, 5) is 37.1. The molecule has 2 atom stereocenters. The Labute approximate surface area is 387 Å². The molecule has 0 aromatic rings. The van der Waals surface area contributed by atoms with E-state index < -0.39 is 24.3 Å². The third kappa shape index (κ3) is 47.0. The minimum absolute atomic E-state index is 0.144. The first-order chi connectivity index (χ1) is 30.6. The molecule has 0 spiro atoms. The van der Waals surface area contributed by atoms with Gasteiger partial charge in [0.25, 0.3) is 0 Å². The van der Waals surface area contributed by atoms with E-state index in [9.17, 15) is 19.5 Å². The van der Waals surface area contributed by atoms with Crippen LogP contribution in [0.5, 0.6) is 0 Å². The first-order valence-corrected chi connectivity index (χ1v) is 25.8. The first-order valence-electron chi connectivity index (χ1n) is 25.8. The van der Waals surface area contributed by atoms with Gasteiger partial charge in [-0.3, -0.25) is 9.59 Å². The van der Waals surface area contributed by atoms with Crippen molar-refractivity contribution >= 4 is 17.9 Å². The fourth-order valence-corrected chi connectivity index (χ4v) is 7.01. The molecule has 0 aliphatic rings. The molecule has 0 aromatic carbocycles. The highest BCUT2D eigenvalue weighted by Crippen LogP contribution is 2.15. The van der Waals surface area contributed by atoms with Crippen LogP contribution in [-0.2, 0) is 33.3 Å². The number of quaternary nitrogens is 1. The molecule has 0 N–H and O–H groups in total. The number of nitrogens with zero attached hydrogens (tertiary/aromatic N) is 1. The molecule has 0 aliphatic heterocycles. The fourth-order valence-electron chi connectivity index (χ4n) is 7.01. The van der Waals surface area contributed by atoms with Gasteiger partial charge in [0.1, 0.15) is 13.2 Å². The van der Waals surface area contributed by atoms with Crippen LogP contribution < -0.4 is 5.11 Å². The maximum atomic E-state index is 12.8. The number of carbonyl (C=O) groups excluding carboxylic acids is 3. The molecule has 0 radical (unpaired) electrons. The molecule has 0 amide bonds. The van der Waals surface area contributed by atoms with Crippen molar-refractivity contribution in [2.45, 2.75) is 232 Å². The Hall–Kier alpha value is -2.75. The molecule has 0 aromatic heterocycles. The highest BCUT2D eigenvalue weighted by Gasteiger charge is 2.22. The van der Waals surface area contributed by atoms with Crippen molar-refractivity contribution in [3.8, 4) is 0 Å². The maximum absolute atomic E-state index is 12.8. The molecule has 0 heterocycles. The molecule has 0 bridgehead atoms. The Morgan fingerprint density at radius 3 is 1.29 bits per heavy atom. The third-order valence-corrected chi connectivity index (χ3v) is 11.0. The van der Waals surface area contributed by atoms with Crippen LogP contribution in [0.3, 0.4) is 0 Å². The Kier molecular flexibility index (Phi) is 43.8. The molecular formula is C54H97NO8. The third-order valence-electron chi connectivity index (χ3n) is 11.0. The van der Waals surface area contributed by atoms with E-state index in [1.807, 2.05) is 21.1 Å². The number of hydrogen-bond donors (Lipinski definition) is 0. The van der Waals surface area contributed by atoms with Crippen LogP contribution in [0.2, 0.25) is 0 Å². The van der Waals surface area contributed by atoms with Crippen molar-refractivity contribution in [2.24, 2.45) is 0 Å². The van der Waals surface area contributed by atoms with E-state index in [0.717, 1.165) is 70.6 Å². The zero-order chi connectivity index (χ0) is 46.3. The number of rotatable bonds is 47. The predicted octanol–water partition coefficient (Wildman–Crippen LogP) is 13.0. The number of esters is 2. The smallest absolute Gasteiger partial charge is 0.306 e. The minimum atomic E-state index is -1.62. The van der Waals surface area contributed by atoms with E-state index in [0.29, 0.717) is 17.4 Å². The number of allylic oxidation sites excluding steroid dienone is 8. The lowest BCUT2D eigenvalue weighted by molar-refractivity contribution is -0.870. The highest BCUT2D eigenvalue weighted by molar-refractivity contribution is 5.70. The number of carboxylic acid groups (broad SMARTS) is 1. The van der Waals surface area contributed by atoms with Crippen LogP contribution in [0.15, 0.2) is 48.6 Å². The molecular weight excluding hydrogens is 791 g/mol. The fraction of sp³-hybridized carbons (Fsp3) is 0.796. The van der Waals surface area contributed by atoms with Crippen molar-refractivity contribution in [3.05, 3.63) is 48.6 Å². The summed E-state index contributed by atoms with van der Waals surface area (Å²) in [5.74, 6) is -2.30. The summed E-state index contributed by atoms with van der Waals surface area (Å²) in [6, 6.07) is 0. The topological polar surface area (TPSA) is 111 Å². The van der Waals surface area contributed by atoms with Crippen LogP contribution in [-0.4, -0.2) is 82.3 Å². The molecule has 0 saturated heterocycles. The molecule has 366 valence electrons. The normalized spacial score (nSPS) is 13.2. The van der Waals surface area contributed by atoms with Gasteiger partial charge in [0, 0.05) is 12.8 Å². The van der Waals surface area contributed by atoms with Gasteiger partial charge >= 0.3 is 11.9 Å². The Balaban J connectivity index is 4.33. The summed E-state index contributed by atoms with van der Waals surface area (Å²) in [6.07, 6.45) is 51.4. The summed E-state index contributed by atoms with van der Waals surface area (Å²) in [7, 11) is 5.91. The average Bonchev–Trinajstić information content (AvgIpc) is 3.24. The second-order valence-electron chi connectivity index (χ2n) is 18.5. The first kappa shape index (κ1) is 60.2. The standard InChI is InChI=1S/C54H97NO8/c1-6-8-10-12-14-16-18-20-22-23-24-25-26-27-28-29-31-33-35-37-39-41-43-45-52(57)63-50(49-62-54(53(58)59)60-47-46-55(3,4)5)48-61-51(56)44-42-40-38-36-34-32-30-21-19-17-15-13-11-9-7-2/h15,17-18,20-21,23-24,30,50,54H,6-14,16,19,22,25-29,31-49H2,1-5H3/b17-15-,20-18-,24-23-,30-21-. The minimum Gasteiger partial charge on any atom is -0.545 e. The van der Waals surface area contributed by atoms with E-state index in [-0.39, 0.29) is 38.6 Å². The van der Waals surface area contributed by atoms with Crippen LogP contribution in [0.1, 0.15) is 219 Å². The van der Waals surface area contributed by atoms with Gasteiger partial charge in [-0.1, -0.05) is 178 Å². The lowest BCUT2D eigenvalue weighted by Crippen LogP contribution is -2.44. The van der Waals surface area contributed by atoms with Gasteiger partial charge in [-0.25, -0.2) is 0 Å². The highest BCUT2D eigenvalue weighted by atomic mass is 16.7. The number of carbonyl (C=O) groups is 3. The molecule has 0 rings (SSSR count). The molecule has 9 nitrogen and oxygen atoms in total. The lowest BCUT2D eigenvalue weighted by Gasteiger charge is -2.26. The van der Waals surface area contributed by atoms with Crippen molar-refractivity contribution in [2.75, 3.05) is 47.5 Å². The predicted molar refractivity (Wildman–Crippen MR) is 260 cm³/mol. The average molecular weight is 888 g/mol. The molecule has 63 heavy (non-hydrogen) atoms. The molecule has 0 saturated carbocycles. The molecule has 9 heteroatoms. The summed E-state index contributed by atoms with van der Waals surface area (Å²) in [5.41, 5.74) is 0. The number of unbranched alkanes of at least 4 members (excludes halogenated alkanes) is 24. The van der Waals surface area contributed by atoms with Crippen LogP contribution in [0, 0.1) is 0 Å². The number of likely N-dealkylation sites (N-methyl/N-ethyl adjacent to an activating group) is 1. The van der Waals surface area contributed by atoms with Crippen molar-refractivity contribution < 1.29 is 42.9 Å². The molecule has 2 unspecified atom stereocenters. The van der Waals surface area contributed by atoms with Crippen molar-refractivity contribution in [1.29, 1.82) is 0 Å². The number of aliphatic carboxylic acids is 1. The Bertz CT molecular complexity index is 1170. The second kappa shape index (κ2) is 45.8. The van der Waals surface area contributed by atoms with Gasteiger partial charge in [0.05, 0.1) is 40.3 Å². The van der Waals surface area contributed by atoms with Gasteiger partial charge in [-0.2, -0.15) is 0 Å². The summed E-state index contributed by atoms with van der Waals surface area (Å²) < 4.78 is 22.6. The van der Waals surface area contributed by atoms with E-state index in [1.165, 1.54) is 116 Å². The summed E-state index contributed by atoms with van der Waals surface area (Å²) in [5, 5.41) is 11.7. The Morgan fingerprint density at radius 1 is 0.476 bits per heavy atom. The van der Waals surface area contributed by atoms with Gasteiger partial charge in [-0.05, 0) is 77.0 Å². The van der Waals surface area contributed by atoms with Gasteiger partial charge in [0.15, 0.2) is 12.4 Å². The number of ether oxygens (including phenoxy) is 4. The zero-order valence-electron chi connectivity index (χ0n) is 41.4. The van der Waals surface area contributed by atoms with Crippen molar-refractivity contribution in [1.82, 2.24) is 0 Å². The van der Waals surface area contributed by atoms with Crippen LogP contribution >= 0.6 is 0 Å². The monoisotopic (exact) mass is 888 g/mol. The van der Waals surface area contributed by atoms with E-state index in [4.69, 9.17) is 18.9 Å². The van der Waals surface area contributed by atoms with Crippen molar-refractivity contribution in [3.63, 3.8) is 0 Å². The SMILES string of the molecule is CCCCC/C=C\C/C=C\CCCCCCCC(=O)OCC(COC(OCC[N+](C)(C)C)C(=O)[O-])OC(=O)CCCCCCCCCCCCC/C=C\C/C=C\CCCCCCC. The van der Waals surface area contributed by atoms with Crippen LogP contribution in [0.4, 0.5) is 0 Å². The molecule has 0 fully saturated rings. The number of carboxylic acids is 1. The van der Waals surface area contributed by atoms with Gasteiger partial charge in [0.2, 0.25) is 0 Å². The van der Waals surface area contributed by atoms with Crippen LogP contribution in [0.25, 0.3) is 0 Å².